The molecule has 4 heteroatoms. The average molecular weight is 340 g/mol. The van der Waals surface area contributed by atoms with Crippen molar-refractivity contribution in [2.75, 3.05) is 11.9 Å². The van der Waals surface area contributed by atoms with E-state index in [4.69, 9.17) is 11.5 Å². The number of anilines is 1. The molecule has 0 fully saturated rings. The van der Waals surface area contributed by atoms with Gasteiger partial charge in [-0.25, -0.2) is 0 Å². The Morgan fingerprint density at radius 1 is 1.17 bits per heavy atom. The molecule has 2 unspecified atom stereocenters. The smallest absolute Gasteiger partial charge is 0.0948 e. The van der Waals surface area contributed by atoms with Gasteiger partial charge in [-0.3, -0.25) is 0 Å². The lowest BCUT2D eigenvalue weighted by atomic mass is 10.0. The van der Waals surface area contributed by atoms with Crippen LogP contribution in [0.25, 0.3) is 5.70 Å². The third-order valence-electron chi connectivity index (χ3n) is 4.49. The fourth-order valence-corrected chi connectivity index (χ4v) is 4.39. The van der Waals surface area contributed by atoms with Crippen molar-refractivity contribution in [3.8, 4) is 0 Å². The molecule has 2 aromatic carbocycles. The zero-order valence-corrected chi connectivity index (χ0v) is 15.3. The number of allylic oxidation sites excluding steroid dienone is 1. The second-order valence-corrected chi connectivity index (χ2v) is 7.73. The largest absolute Gasteiger partial charge is 0.398 e. The zero-order valence-electron chi connectivity index (χ0n) is 14.5. The Morgan fingerprint density at radius 2 is 1.92 bits per heavy atom. The van der Waals surface area contributed by atoms with Crippen LogP contribution in [0.1, 0.15) is 25.0 Å². The topological polar surface area (TPSA) is 55.3 Å². The third kappa shape index (κ3) is 3.30. The van der Waals surface area contributed by atoms with Gasteiger partial charge < -0.3 is 16.4 Å². The van der Waals surface area contributed by atoms with Crippen molar-refractivity contribution in [1.82, 2.24) is 0 Å². The van der Waals surface area contributed by atoms with E-state index in [1.165, 1.54) is 16.1 Å². The van der Waals surface area contributed by atoms with Crippen molar-refractivity contribution in [3.63, 3.8) is 0 Å². The molecule has 1 aliphatic heterocycles. The molecule has 4 N–H and O–H groups in total. The maximum atomic E-state index is 6.56. The van der Waals surface area contributed by atoms with Gasteiger partial charge in [-0.15, -0.1) is 0 Å². The van der Waals surface area contributed by atoms with E-state index in [1.807, 2.05) is 25.6 Å². The average Bonchev–Trinajstić information content (AvgIpc) is 2.92. The monoisotopic (exact) mass is 339 g/mol. The summed E-state index contributed by atoms with van der Waals surface area (Å²) in [6, 6.07) is 17.0. The van der Waals surface area contributed by atoms with E-state index in [0.29, 0.717) is 0 Å². The number of para-hydroxylation sites is 1. The molecule has 24 heavy (non-hydrogen) atoms. The molecular weight excluding hydrogens is 314 g/mol. The Hall–Kier alpha value is -1.91. The van der Waals surface area contributed by atoms with Gasteiger partial charge in [-0.1, -0.05) is 47.7 Å². The number of likely N-dealkylation sites (N-methyl/N-ethyl adjacent to an activating group) is 1. The highest BCUT2D eigenvalue weighted by molar-refractivity contribution is 8.00. The predicted octanol–water partition coefficient (Wildman–Crippen LogP) is 3.83. The van der Waals surface area contributed by atoms with Crippen LogP contribution in [-0.4, -0.2) is 18.5 Å². The van der Waals surface area contributed by atoms with Crippen molar-refractivity contribution in [3.05, 3.63) is 65.2 Å². The number of nitrogens with two attached hydrogens (primary N) is 2. The quantitative estimate of drug-likeness (QED) is 0.889. The van der Waals surface area contributed by atoms with Gasteiger partial charge >= 0.3 is 0 Å². The summed E-state index contributed by atoms with van der Waals surface area (Å²) in [4.78, 5) is 3.60. The normalized spacial score (nSPS) is 17.5. The number of hydrogen-bond acceptors (Lipinski definition) is 4. The van der Waals surface area contributed by atoms with Crippen LogP contribution in [0.5, 0.6) is 0 Å². The molecule has 0 radical (unpaired) electrons. The van der Waals surface area contributed by atoms with Crippen molar-refractivity contribution >= 4 is 23.1 Å². The molecule has 1 aliphatic rings. The Morgan fingerprint density at radius 3 is 2.62 bits per heavy atom. The van der Waals surface area contributed by atoms with Crippen LogP contribution in [0.2, 0.25) is 0 Å². The predicted molar refractivity (Wildman–Crippen MR) is 105 cm³/mol. The SMILES string of the molecule is CC(C)=C(N)c1cccc(CC(N)C2Sc3ccccc3N2C)c1. The number of thioether (sulfide) groups is 1. The molecule has 0 saturated carbocycles. The number of fused-ring (bicyclic) bond motifs is 1. The molecule has 3 rings (SSSR count). The molecule has 0 aromatic heterocycles. The van der Waals surface area contributed by atoms with Crippen molar-refractivity contribution in [2.45, 2.75) is 36.6 Å². The van der Waals surface area contributed by atoms with Crippen LogP contribution in [-0.2, 0) is 6.42 Å². The lowest BCUT2D eigenvalue weighted by Gasteiger charge is -2.27. The van der Waals surface area contributed by atoms with E-state index >= 15 is 0 Å². The lowest BCUT2D eigenvalue weighted by Crippen LogP contribution is -2.43. The minimum atomic E-state index is 0.0515. The Labute approximate surface area is 148 Å². The van der Waals surface area contributed by atoms with E-state index in [2.05, 4.69) is 60.5 Å². The molecule has 0 bridgehead atoms. The van der Waals surface area contributed by atoms with Gasteiger partial charge in [-0.05, 0) is 49.6 Å². The highest BCUT2D eigenvalue weighted by Gasteiger charge is 2.31. The minimum Gasteiger partial charge on any atom is -0.398 e. The van der Waals surface area contributed by atoms with Crippen LogP contribution >= 0.6 is 11.8 Å². The van der Waals surface area contributed by atoms with Crippen LogP contribution in [0.15, 0.2) is 59.0 Å². The maximum Gasteiger partial charge on any atom is 0.0948 e. The van der Waals surface area contributed by atoms with Crippen molar-refractivity contribution in [2.24, 2.45) is 11.5 Å². The van der Waals surface area contributed by atoms with Gasteiger partial charge in [-0.2, -0.15) is 0 Å². The van der Waals surface area contributed by atoms with Crippen LogP contribution in [0.3, 0.4) is 0 Å². The van der Waals surface area contributed by atoms with Crippen LogP contribution < -0.4 is 16.4 Å². The fraction of sp³-hybridized carbons (Fsp3) is 0.300. The Bertz CT molecular complexity index is 765. The second-order valence-electron chi connectivity index (χ2n) is 6.57. The standard InChI is InChI=1S/C20H25N3S/c1-13(2)19(22)15-8-6-7-14(11-15)12-16(21)20-23(3)17-9-4-5-10-18(17)24-20/h4-11,16,20H,12,21-22H2,1-3H3. The molecule has 0 amide bonds. The highest BCUT2D eigenvalue weighted by atomic mass is 32.2. The Balaban J connectivity index is 1.76. The molecule has 126 valence electrons. The van der Waals surface area contributed by atoms with E-state index in [9.17, 15) is 0 Å². The molecule has 2 atom stereocenters. The summed E-state index contributed by atoms with van der Waals surface area (Å²) in [7, 11) is 2.13. The first-order valence-electron chi connectivity index (χ1n) is 8.23. The van der Waals surface area contributed by atoms with Gasteiger partial charge in [0.15, 0.2) is 0 Å². The minimum absolute atomic E-state index is 0.0515. The van der Waals surface area contributed by atoms with Gasteiger partial charge in [0, 0.05) is 23.7 Å². The molecule has 0 saturated heterocycles. The fourth-order valence-electron chi connectivity index (χ4n) is 3.10. The molecule has 0 aliphatic carbocycles. The summed E-state index contributed by atoms with van der Waals surface area (Å²) in [5.74, 6) is 0. The zero-order chi connectivity index (χ0) is 17.3. The summed E-state index contributed by atoms with van der Waals surface area (Å²) in [6.45, 7) is 4.07. The van der Waals surface area contributed by atoms with Gasteiger partial charge in [0.05, 0.1) is 11.1 Å². The first kappa shape index (κ1) is 16.9. The first-order chi connectivity index (χ1) is 11.5. The molecule has 3 nitrogen and oxygen atoms in total. The summed E-state index contributed by atoms with van der Waals surface area (Å²) in [6.07, 6.45) is 0.833. The first-order valence-corrected chi connectivity index (χ1v) is 9.11. The number of nitrogens with zero attached hydrogens (tertiary/aromatic N) is 1. The molecule has 1 heterocycles. The van der Waals surface area contributed by atoms with E-state index in [0.717, 1.165) is 23.3 Å². The van der Waals surface area contributed by atoms with Gasteiger partial charge in [0.2, 0.25) is 0 Å². The van der Waals surface area contributed by atoms with Gasteiger partial charge in [0.1, 0.15) is 0 Å². The molecule has 0 spiro atoms. The van der Waals surface area contributed by atoms with Crippen molar-refractivity contribution < 1.29 is 0 Å². The van der Waals surface area contributed by atoms with Gasteiger partial charge in [0.25, 0.3) is 0 Å². The van der Waals surface area contributed by atoms with Crippen molar-refractivity contribution in [1.29, 1.82) is 0 Å². The summed E-state index contributed by atoms with van der Waals surface area (Å²) in [5.41, 5.74) is 18.3. The summed E-state index contributed by atoms with van der Waals surface area (Å²) >= 11 is 1.85. The van der Waals surface area contributed by atoms with E-state index in [-0.39, 0.29) is 11.4 Å². The summed E-state index contributed by atoms with van der Waals surface area (Å²) in [5, 5.41) is 0.256. The number of benzene rings is 2. The van der Waals surface area contributed by atoms with Crippen LogP contribution in [0.4, 0.5) is 5.69 Å². The molecule has 2 aromatic rings. The highest BCUT2D eigenvalue weighted by Crippen LogP contribution is 2.43. The maximum absolute atomic E-state index is 6.56. The lowest BCUT2D eigenvalue weighted by molar-refractivity contribution is 0.626. The number of hydrogen-bond donors (Lipinski definition) is 2. The number of rotatable bonds is 4. The van der Waals surface area contributed by atoms with E-state index in [1.54, 1.807) is 0 Å². The van der Waals surface area contributed by atoms with Crippen LogP contribution in [0, 0.1) is 0 Å². The second kappa shape index (κ2) is 6.91. The Kier molecular flexibility index (Phi) is 4.88. The molecular formula is C20H25N3S. The van der Waals surface area contributed by atoms with E-state index < -0.39 is 0 Å². The summed E-state index contributed by atoms with van der Waals surface area (Å²) < 4.78 is 0. The third-order valence-corrected chi connectivity index (χ3v) is 6.00.